The number of rotatable bonds is 3. The molecule has 0 atom stereocenters. The van der Waals surface area contributed by atoms with Crippen LogP contribution in [0.5, 0.6) is 0 Å². The molecule has 0 radical (unpaired) electrons. The van der Waals surface area contributed by atoms with Crippen LogP contribution in [0.1, 0.15) is 28.5 Å². The highest BCUT2D eigenvalue weighted by Crippen LogP contribution is 2.23. The number of nitrogens with one attached hydrogen (secondary N) is 1. The molecule has 1 saturated heterocycles. The number of benzene rings is 1. The third-order valence-electron chi connectivity index (χ3n) is 4.91. The SMILES string of the molecule is CCc1ccc2nc(C)cc(C(=O)N3CCN(c4ncn[nH]4)CC3)c2c1. The van der Waals surface area contributed by atoms with Gasteiger partial charge in [0.1, 0.15) is 6.33 Å². The van der Waals surface area contributed by atoms with E-state index in [1.807, 2.05) is 24.0 Å². The topological polar surface area (TPSA) is 78.0 Å². The Balaban J connectivity index is 1.60. The second-order valence-corrected chi connectivity index (χ2v) is 6.60. The van der Waals surface area contributed by atoms with Gasteiger partial charge in [-0.15, -0.1) is 0 Å². The van der Waals surface area contributed by atoms with Gasteiger partial charge in [-0.05, 0) is 37.1 Å². The number of pyridine rings is 1. The van der Waals surface area contributed by atoms with Crippen molar-refractivity contribution < 1.29 is 4.79 Å². The lowest BCUT2D eigenvalue weighted by atomic mass is 10.0. The molecule has 1 N–H and O–H groups in total. The molecule has 0 unspecified atom stereocenters. The van der Waals surface area contributed by atoms with E-state index in [9.17, 15) is 4.79 Å². The number of anilines is 1. The van der Waals surface area contributed by atoms with Gasteiger partial charge in [-0.1, -0.05) is 13.0 Å². The predicted molar refractivity (Wildman–Crippen MR) is 100 cm³/mol. The number of aromatic amines is 1. The van der Waals surface area contributed by atoms with Crippen LogP contribution in [0.4, 0.5) is 5.95 Å². The van der Waals surface area contributed by atoms with Gasteiger partial charge in [0.15, 0.2) is 0 Å². The summed E-state index contributed by atoms with van der Waals surface area (Å²) in [5.74, 6) is 0.834. The number of fused-ring (bicyclic) bond motifs is 1. The number of carbonyl (C=O) groups excluding carboxylic acids is 1. The second-order valence-electron chi connectivity index (χ2n) is 6.60. The molecule has 0 saturated carbocycles. The zero-order valence-corrected chi connectivity index (χ0v) is 15.1. The highest BCUT2D eigenvalue weighted by atomic mass is 16.2. The van der Waals surface area contributed by atoms with Crippen molar-refractivity contribution in [3.63, 3.8) is 0 Å². The summed E-state index contributed by atoms with van der Waals surface area (Å²) >= 11 is 0. The third-order valence-corrected chi connectivity index (χ3v) is 4.91. The minimum absolute atomic E-state index is 0.0750. The Morgan fingerprint density at radius 2 is 2.00 bits per heavy atom. The van der Waals surface area contributed by atoms with Gasteiger partial charge in [0, 0.05) is 37.3 Å². The number of hydrogen-bond donors (Lipinski definition) is 1. The molecule has 7 heteroatoms. The van der Waals surface area contributed by atoms with Crippen molar-refractivity contribution in [1.82, 2.24) is 25.1 Å². The van der Waals surface area contributed by atoms with Crippen molar-refractivity contribution in [1.29, 1.82) is 0 Å². The highest BCUT2D eigenvalue weighted by molar-refractivity contribution is 6.06. The third kappa shape index (κ3) is 3.00. The lowest BCUT2D eigenvalue weighted by Crippen LogP contribution is -2.49. The zero-order chi connectivity index (χ0) is 18.1. The molecule has 7 nitrogen and oxygen atoms in total. The average molecular weight is 350 g/mol. The van der Waals surface area contributed by atoms with Crippen LogP contribution in [-0.2, 0) is 6.42 Å². The maximum Gasteiger partial charge on any atom is 0.254 e. The predicted octanol–water partition coefficient (Wildman–Crippen LogP) is 2.19. The van der Waals surface area contributed by atoms with Gasteiger partial charge in [0.25, 0.3) is 5.91 Å². The van der Waals surface area contributed by atoms with E-state index in [0.29, 0.717) is 13.1 Å². The van der Waals surface area contributed by atoms with Gasteiger partial charge >= 0.3 is 0 Å². The standard InChI is InChI=1S/C19H22N6O/c1-3-14-4-5-17-15(11-14)16(10-13(2)22-17)18(26)24-6-8-25(9-7-24)19-20-12-21-23-19/h4-5,10-12H,3,6-9H2,1-2H3,(H,20,21,23). The number of piperazine rings is 1. The molecule has 2 aromatic heterocycles. The number of hydrogen-bond acceptors (Lipinski definition) is 5. The van der Waals surface area contributed by atoms with Gasteiger partial charge in [0.05, 0.1) is 11.1 Å². The Labute approximate surface area is 152 Å². The molecule has 1 amide bonds. The van der Waals surface area contributed by atoms with Crippen LogP contribution in [0.25, 0.3) is 10.9 Å². The van der Waals surface area contributed by atoms with Gasteiger partial charge in [-0.3, -0.25) is 9.78 Å². The molecule has 0 spiro atoms. The molecule has 3 heterocycles. The molecule has 1 fully saturated rings. The average Bonchev–Trinajstić information content (AvgIpc) is 3.21. The van der Waals surface area contributed by atoms with Gasteiger partial charge in [-0.25, -0.2) is 5.10 Å². The maximum absolute atomic E-state index is 13.2. The van der Waals surface area contributed by atoms with Crippen molar-refractivity contribution >= 4 is 22.8 Å². The number of amides is 1. The van der Waals surface area contributed by atoms with Crippen LogP contribution in [0.15, 0.2) is 30.6 Å². The van der Waals surface area contributed by atoms with E-state index in [4.69, 9.17) is 0 Å². The Bertz CT molecular complexity index is 929. The van der Waals surface area contributed by atoms with Gasteiger partial charge in [-0.2, -0.15) is 10.1 Å². The summed E-state index contributed by atoms with van der Waals surface area (Å²) in [5, 5.41) is 7.72. The number of carbonyl (C=O) groups is 1. The summed E-state index contributed by atoms with van der Waals surface area (Å²) in [6.45, 7) is 6.86. The van der Waals surface area contributed by atoms with Crippen LogP contribution in [0, 0.1) is 6.92 Å². The zero-order valence-electron chi connectivity index (χ0n) is 15.1. The fourth-order valence-electron chi connectivity index (χ4n) is 3.45. The molecular formula is C19H22N6O. The minimum Gasteiger partial charge on any atom is -0.338 e. The Hall–Kier alpha value is -2.96. The monoisotopic (exact) mass is 350 g/mol. The fourth-order valence-corrected chi connectivity index (χ4v) is 3.45. The summed E-state index contributed by atoms with van der Waals surface area (Å²) < 4.78 is 0. The first-order valence-corrected chi connectivity index (χ1v) is 8.95. The first kappa shape index (κ1) is 16.5. The van der Waals surface area contributed by atoms with Crippen LogP contribution in [-0.4, -0.2) is 57.2 Å². The van der Waals surface area contributed by atoms with Crippen LogP contribution in [0.3, 0.4) is 0 Å². The lowest BCUT2D eigenvalue weighted by molar-refractivity contribution is 0.0748. The van der Waals surface area contributed by atoms with Crippen molar-refractivity contribution in [2.75, 3.05) is 31.1 Å². The van der Waals surface area contributed by atoms with Crippen LogP contribution < -0.4 is 4.90 Å². The molecular weight excluding hydrogens is 328 g/mol. The van der Waals surface area contributed by atoms with E-state index in [1.165, 1.54) is 11.9 Å². The first-order chi connectivity index (χ1) is 12.7. The lowest BCUT2D eigenvalue weighted by Gasteiger charge is -2.34. The van der Waals surface area contributed by atoms with E-state index in [1.54, 1.807) is 0 Å². The summed E-state index contributed by atoms with van der Waals surface area (Å²) in [6.07, 6.45) is 2.44. The molecule has 3 aromatic rings. The van der Waals surface area contributed by atoms with E-state index < -0.39 is 0 Å². The smallest absolute Gasteiger partial charge is 0.254 e. The molecule has 134 valence electrons. The minimum atomic E-state index is 0.0750. The maximum atomic E-state index is 13.2. The molecule has 1 aromatic carbocycles. The Kier molecular flexibility index (Phi) is 4.28. The van der Waals surface area contributed by atoms with Crippen LogP contribution in [0.2, 0.25) is 0 Å². The van der Waals surface area contributed by atoms with E-state index in [0.717, 1.165) is 47.6 Å². The van der Waals surface area contributed by atoms with Crippen molar-refractivity contribution in [3.05, 3.63) is 47.4 Å². The van der Waals surface area contributed by atoms with Crippen molar-refractivity contribution in [2.45, 2.75) is 20.3 Å². The van der Waals surface area contributed by atoms with Crippen molar-refractivity contribution in [3.8, 4) is 0 Å². The van der Waals surface area contributed by atoms with E-state index in [2.05, 4.69) is 44.1 Å². The van der Waals surface area contributed by atoms with E-state index >= 15 is 0 Å². The molecule has 1 aliphatic heterocycles. The number of nitrogens with zero attached hydrogens (tertiary/aromatic N) is 5. The van der Waals surface area contributed by atoms with Gasteiger partial charge in [0.2, 0.25) is 5.95 Å². The number of aromatic nitrogens is 4. The summed E-state index contributed by atoms with van der Waals surface area (Å²) in [5.41, 5.74) is 3.71. The highest BCUT2D eigenvalue weighted by Gasteiger charge is 2.25. The normalized spacial score (nSPS) is 14.8. The molecule has 1 aliphatic rings. The quantitative estimate of drug-likeness (QED) is 0.783. The molecule has 4 rings (SSSR count). The summed E-state index contributed by atoms with van der Waals surface area (Å²) in [7, 11) is 0. The fraction of sp³-hybridized carbons (Fsp3) is 0.368. The number of aryl methyl sites for hydroxylation is 2. The van der Waals surface area contributed by atoms with Crippen LogP contribution >= 0.6 is 0 Å². The van der Waals surface area contributed by atoms with Gasteiger partial charge < -0.3 is 9.80 Å². The summed E-state index contributed by atoms with van der Waals surface area (Å²) in [4.78, 5) is 26.0. The Morgan fingerprint density at radius 1 is 1.19 bits per heavy atom. The molecule has 26 heavy (non-hydrogen) atoms. The Morgan fingerprint density at radius 3 is 2.69 bits per heavy atom. The van der Waals surface area contributed by atoms with E-state index in [-0.39, 0.29) is 5.91 Å². The van der Waals surface area contributed by atoms with Crippen molar-refractivity contribution in [2.24, 2.45) is 0 Å². The molecule has 0 bridgehead atoms. The first-order valence-electron chi connectivity index (χ1n) is 8.95. The number of H-pyrrole nitrogens is 1. The summed E-state index contributed by atoms with van der Waals surface area (Å²) in [6, 6.07) is 8.10. The molecule has 0 aliphatic carbocycles. The largest absolute Gasteiger partial charge is 0.338 e. The second kappa shape index (κ2) is 6.74.